The maximum absolute atomic E-state index is 13.9. The van der Waals surface area contributed by atoms with Gasteiger partial charge in [-0.3, -0.25) is 9.97 Å². The Kier molecular flexibility index (Phi) is 2.69. The van der Waals surface area contributed by atoms with Gasteiger partial charge in [0.15, 0.2) is 0 Å². The Hall–Kier alpha value is -2.82. The molecule has 108 valence electrons. The summed E-state index contributed by atoms with van der Waals surface area (Å²) >= 11 is 0. The molecule has 5 heteroatoms. The van der Waals surface area contributed by atoms with Crippen LogP contribution in [0.1, 0.15) is 5.56 Å². The first-order valence-corrected chi connectivity index (χ1v) is 6.96. The van der Waals surface area contributed by atoms with Gasteiger partial charge in [-0.2, -0.15) is 0 Å². The molecule has 0 unspecified atom stereocenters. The molecule has 0 aromatic carbocycles. The smallest absolute Gasteiger partial charge is 0.145 e. The molecular formula is C17H13FN4. The van der Waals surface area contributed by atoms with Gasteiger partial charge in [0.25, 0.3) is 0 Å². The maximum atomic E-state index is 13.9. The van der Waals surface area contributed by atoms with Crippen LogP contribution in [0.5, 0.6) is 0 Å². The van der Waals surface area contributed by atoms with Crippen molar-refractivity contribution in [1.82, 2.24) is 19.5 Å². The zero-order chi connectivity index (χ0) is 15.3. The molecule has 0 amide bonds. The van der Waals surface area contributed by atoms with Crippen LogP contribution in [-0.2, 0) is 7.05 Å². The second-order valence-electron chi connectivity index (χ2n) is 5.32. The van der Waals surface area contributed by atoms with Crippen LogP contribution in [0, 0.1) is 12.7 Å². The summed E-state index contributed by atoms with van der Waals surface area (Å²) in [5.74, 6) is -0.292. The van der Waals surface area contributed by atoms with Gasteiger partial charge in [0.2, 0.25) is 0 Å². The summed E-state index contributed by atoms with van der Waals surface area (Å²) in [4.78, 5) is 12.9. The number of halogens is 1. The van der Waals surface area contributed by atoms with Gasteiger partial charge in [-0.05, 0) is 30.7 Å². The third-order valence-corrected chi connectivity index (χ3v) is 4.05. The molecule has 0 bridgehead atoms. The molecule has 0 N–H and O–H groups in total. The predicted octanol–water partition coefficient (Wildman–Crippen LogP) is 3.63. The van der Waals surface area contributed by atoms with Crippen LogP contribution in [0.2, 0.25) is 0 Å². The number of nitrogens with zero attached hydrogens (tertiary/aromatic N) is 4. The van der Waals surface area contributed by atoms with Gasteiger partial charge in [-0.25, -0.2) is 9.37 Å². The van der Waals surface area contributed by atoms with Gasteiger partial charge in [0.05, 0.1) is 23.6 Å². The SMILES string of the molecule is Cc1c(F)cnc2c1c1cc(-c3cccnc3)ncc1n2C. The quantitative estimate of drug-likeness (QED) is 0.538. The average molecular weight is 292 g/mol. The van der Waals surface area contributed by atoms with E-state index in [0.717, 1.165) is 33.2 Å². The third-order valence-electron chi connectivity index (χ3n) is 4.05. The third kappa shape index (κ3) is 1.72. The van der Waals surface area contributed by atoms with Gasteiger partial charge in [0, 0.05) is 35.8 Å². The van der Waals surface area contributed by atoms with Crippen molar-refractivity contribution in [2.75, 3.05) is 0 Å². The lowest BCUT2D eigenvalue weighted by molar-refractivity contribution is 0.615. The second-order valence-corrected chi connectivity index (χ2v) is 5.32. The van der Waals surface area contributed by atoms with E-state index >= 15 is 0 Å². The van der Waals surface area contributed by atoms with E-state index in [0.29, 0.717) is 5.56 Å². The Morgan fingerprint density at radius 1 is 1.14 bits per heavy atom. The fourth-order valence-electron chi connectivity index (χ4n) is 2.84. The topological polar surface area (TPSA) is 43.6 Å². The van der Waals surface area contributed by atoms with Crippen molar-refractivity contribution in [2.45, 2.75) is 6.92 Å². The van der Waals surface area contributed by atoms with Gasteiger partial charge in [-0.15, -0.1) is 0 Å². The van der Waals surface area contributed by atoms with Crippen molar-refractivity contribution in [1.29, 1.82) is 0 Å². The first-order chi connectivity index (χ1) is 10.7. The molecule has 4 heterocycles. The number of aromatic nitrogens is 4. The van der Waals surface area contributed by atoms with E-state index in [-0.39, 0.29) is 5.82 Å². The highest BCUT2D eigenvalue weighted by Crippen LogP contribution is 2.32. The number of rotatable bonds is 1. The number of hydrogen-bond donors (Lipinski definition) is 0. The predicted molar refractivity (Wildman–Crippen MR) is 83.9 cm³/mol. The molecule has 0 aliphatic heterocycles. The van der Waals surface area contributed by atoms with E-state index in [4.69, 9.17) is 0 Å². The van der Waals surface area contributed by atoms with Crippen LogP contribution in [0.25, 0.3) is 33.2 Å². The van der Waals surface area contributed by atoms with Gasteiger partial charge >= 0.3 is 0 Å². The zero-order valence-electron chi connectivity index (χ0n) is 12.2. The summed E-state index contributed by atoms with van der Waals surface area (Å²) in [6.07, 6.45) is 6.57. The van der Waals surface area contributed by atoms with Crippen molar-refractivity contribution in [3.05, 3.63) is 54.4 Å². The highest BCUT2D eigenvalue weighted by Gasteiger charge is 2.15. The Morgan fingerprint density at radius 2 is 2.00 bits per heavy atom. The van der Waals surface area contributed by atoms with Crippen molar-refractivity contribution in [3.8, 4) is 11.3 Å². The lowest BCUT2D eigenvalue weighted by Crippen LogP contribution is -1.92. The van der Waals surface area contributed by atoms with Crippen LogP contribution in [-0.4, -0.2) is 19.5 Å². The summed E-state index contributed by atoms with van der Waals surface area (Å²) < 4.78 is 15.9. The van der Waals surface area contributed by atoms with Crippen LogP contribution in [0.4, 0.5) is 4.39 Å². The van der Waals surface area contributed by atoms with E-state index in [2.05, 4.69) is 15.0 Å². The molecule has 0 spiro atoms. The summed E-state index contributed by atoms with van der Waals surface area (Å²) in [5.41, 5.74) is 4.06. The lowest BCUT2D eigenvalue weighted by Gasteiger charge is -2.01. The highest BCUT2D eigenvalue weighted by molar-refractivity contribution is 6.08. The molecule has 0 radical (unpaired) electrons. The second kappa shape index (κ2) is 4.59. The summed E-state index contributed by atoms with van der Waals surface area (Å²) in [5, 5.41) is 1.79. The summed E-state index contributed by atoms with van der Waals surface area (Å²) in [6.45, 7) is 1.78. The van der Waals surface area contributed by atoms with Crippen molar-refractivity contribution in [3.63, 3.8) is 0 Å². The normalized spacial score (nSPS) is 11.4. The average Bonchev–Trinajstić information content (AvgIpc) is 2.84. The van der Waals surface area contributed by atoms with E-state index in [1.165, 1.54) is 6.20 Å². The lowest BCUT2D eigenvalue weighted by atomic mass is 10.1. The van der Waals surface area contributed by atoms with Crippen LogP contribution >= 0.6 is 0 Å². The van der Waals surface area contributed by atoms with E-state index in [1.807, 2.05) is 29.8 Å². The van der Waals surface area contributed by atoms with E-state index in [1.54, 1.807) is 25.5 Å². The molecule has 22 heavy (non-hydrogen) atoms. The Morgan fingerprint density at radius 3 is 2.77 bits per heavy atom. The van der Waals surface area contributed by atoms with Crippen molar-refractivity contribution >= 4 is 21.9 Å². The first kappa shape index (κ1) is 12.9. The molecule has 0 fully saturated rings. The largest absolute Gasteiger partial charge is 0.327 e. The zero-order valence-corrected chi connectivity index (χ0v) is 12.2. The number of pyridine rings is 3. The number of aryl methyl sites for hydroxylation is 2. The van der Waals surface area contributed by atoms with Gasteiger partial charge in [0.1, 0.15) is 11.5 Å². The molecule has 4 rings (SSSR count). The Balaban J connectivity index is 2.11. The Labute approximate surface area is 126 Å². The molecule has 4 aromatic rings. The van der Waals surface area contributed by atoms with Gasteiger partial charge < -0.3 is 4.57 Å². The highest BCUT2D eigenvalue weighted by atomic mass is 19.1. The molecule has 0 aliphatic carbocycles. The summed E-state index contributed by atoms with van der Waals surface area (Å²) in [7, 11) is 1.92. The first-order valence-electron chi connectivity index (χ1n) is 6.96. The molecule has 0 aliphatic rings. The van der Waals surface area contributed by atoms with Crippen LogP contribution < -0.4 is 0 Å². The van der Waals surface area contributed by atoms with E-state index in [9.17, 15) is 4.39 Å². The fourth-order valence-corrected chi connectivity index (χ4v) is 2.84. The van der Waals surface area contributed by atoms with Crippen molar-refractivity contribution < 1.29 is 4.39 Å². The molecule has 4 nitrogen and oxygen atoms in total. The molecular weight excluding hydrogens is 279 g/mol. The minimum absolute atomic E-state index is 0.292. The maximum Gasteiger partial charge on any atom is 0.145 e. The molecule has 0 atom stereocenters. The van der Waals surface area contributed by atoms with Gasteiger partial charge in [-0.1, -0.05) is 0 Å². The molecule has 0 saturated heterocycles. The van der Waals surface area contributed by atoms with Crippen molar-refractivity contribution in [2.24, 2.45) is 7.05 Å². The summed E-state index contributed by atoms with van der Waals surface area (Å²) in [6, 6.07) is 5.80. The number of hydrogen-bond acceptors (Lipinski definition) is 3. The minimum atomic E-state index is -0.292. The molecule has 4 aromatic heterocycles. The fraction of sp³-hybridized carbons (Fsp3) is 0.118. The number of fused-ring (bicyclic) bond motifs is 3. The Bertz CT molecular complexity index is 1010. The van der Waals surface area contributed by atoms with Crippen LogP contribution in [0.3, 0.4) is 0 Å². The standard InChI is InChI=1S/C17H13FN4/c1-10-13(18)8-21-17-16(10)12-6-14(11-4-3-5-19-7-11)20-9-15(12)22(17)2/h3-9H,1-2H3. The minimum Gasteiger partial charge on any atom is -0.327 e. The van der Waals surface area contributed by atoms with Crippen LogP contribution in [0.15, 0.2) is 43.0 Å². The van der Waals surface area contributed by atoms with E-state index < -0.39 is 0 Å². The monoisotopic (exact) mass is 292 g/mol. The molecule has 0 saturated carbocycles.